The number of hydrogen-bond acceptors (Lipinski definition) is 4. The first-order valence-corrected chi connectivity index (χ1v) is 12.0. The largest absolute Gasteiger partial charge is 0.493 e. The summed E-state index contributed by atoms with van der Waals surface area (Å²) in [6, 6.07) is 16.8. The van der Waals surface area contributed by atoms with Gasteiger partial charge < -0.3 is 14.8 Å². The molecule has 1 amide bonds. The lowest BCUT2D eigenvalue weighted by Gasteiger charge is -2.21. The van der Waals surface area contributed by atoms with Gasteiger partial charge in [-0.1, -0.05) is 47.5 Å². The first-order chi connectivity index (χ1) is 17.3. The summed E-state index contributed by atoms with van der Waals surface area (Å²) in [5, 5.41) is 3.44. The summed E-state index contributed by atoms with van der Waals surface area (Å²) in [6.07, 6.45) is 0.369. The Labute approximate surface area is 213 Å². The van der Waals surface area contributed by atoms with E-state index >= 15 is 0 Å². The second kappa shape index (κ2) is 9.24. The maximum absolute atomic E-state index is 13.7. The van der Waals surface area contributed by atoms with Crippen molar-refractivity contribution in [2.75, 3.05) is 12.4 Å². The minimum Gasteiger partial charge on any atom is -0.493 e. The molecular formula is C28H26ClN3O4. The van der Waals surface area contributed by atoms with Gasteiger partial charge in [0.05, 0.1) is 18.4 Å². The van der Waals surface area contributed by atoms with E-state index in [1.165, 1.54) is 4.68 Å². The van der Waals surface area contributed by atoms with E-state index in [1.807, 2.05) is 57.2 Å². The summed E-state index contributed by atoms with van der Waals surface area (Å²) in [6.45, 7) is 5.69. The van der Waals surface area contributed by atoms with Crippen molar-refractivity contribution in [2.24, 2.45) is 0 Å². The number of aromatic nitrogens is 2. The summed E-state index contributed by atoms with van der Waals surface area (Å²) in [5.41, 5.74) is 5.28. The predicted molar refractivity (Wildman–Crippen MR) is 140 cm³/mol. The number of amides is 1. The lowest BCUT2D eigenvalue weighted by molar-refractivity contribution is -0.117. The van der Waals surface area contributed by atoms with Crippen molar-refractivity contribution >= 4 is 23.2 Å². The van der Waals surface area contributed by atoms with Gasteiger partial charge in [-0.3, -0.25) is 9.59 Å². The van der Waals surface area contributed by atoms with Gasteiger partial charge in [-0.15, -0.1) is 0 Å². The smallest absolute Gasteiger partial charge is 0.278 e. The van der Waals surface area contributed by atoms with Crippen LogP contribution in [0.2, 0.25) is 5.02 Å². The summed E-state index contributed by atoms with van der Waals surface area (Å²) in [4.78, 5) is 26.9. The molecule has 0 spiro atoms. The van der Waals surface area contributed by atoms with Gasteiger partial charge in [-0.05, 0) is 56.2 Å². The van der Waals surface area contributed by atoms with Crippen LogP contribution in [0.1, 0.15) is 27.8 Å². The zero-order valence-electron chi connectivity index (χ0n) is 20.5. The van der Waals surface area contributed by atoms with E-state index in [4.69, 9.17) is 21.1 Å². The molecular weight excluding hydrogens is 478 g/mol. The van der Waals surface area contributed by atoms with Gasteiger partial charge >= 0.3 is 0 Å². The number of benzene rings is 3. The molecule has 0 aliphatic carbocycles. The third-order valence-corrected chi connectivity index (χ3v) is 6.77. The van der Waals surface area contributed by atoms with Crippen LogP contribution in [0.25, 0.3) is 5.69 Å². The summed E-state index contributed by atoms with van der Waals surface area (Å²) in [5.74, 6) is 1.12. The van der Waals surface area contributed by atoms with Crippen molar-refractivity contribution < 1.29 is 14.3 Å². The van der Waals surface area contributed by atoms with Gasteiger partial charge in [0.15, 0.2) is 11.5 Å². The Morgan fingerprint density at radius 2 is 1.89 bits per heavy atom. The lowest BCUT2D eigenvalue weighted by atomic mass is 10.0. The molecule has 36 heavy (non-hydrogen) atoms. The van der Waals surface area contributed by atoms with Crippen LogP contribution < -0.4 is 20.3 Å². The van der Waals surface area contributed by atoms with Gasteiger partial charge in [0, 0.05) is 22.7 Å². The third kappa shape index (κ3) is 4.16. The van der Waals surface area contributed by atoms with Crippen molar-refractivity contribution in [1.82, 2.24) is 9.36 Å². The Morgan fingerprint density at radius 3 is 2.61 bits per heavy atom. The molecule has 0 unspecified atom stereocenters. The highest BCUT2D eigenvalue weighted by atomic mass is 35.5. The predicted octanol–water partition coefficient (Wildman–Crippen LogP) is 5.56. The summed E-state index contributed by atoms with van der Waals surface area (Å²) >= 11 is 6.23. The van der Waals surface area contributed by atoms with Gasteiger partial charge in [-0.25, -0.2) is 9.36 Å². The number of carbonyl (C=O) groups excluding carboxylic acids is 1. The average Bonchev–Trinajstić information content (AvgIpc) is 3.10. The standard InChI is InChI=1S/C28H26ClN3O4/c1-16-8-11-23(18(3)12-16)32-27(34)21-13-19-6-5-7-24(35-4)26(19)36-28(21)31(32)15-25(33)30-20-10-9-17(2)22(29)14-20/h5-12,14H,13,15H2,1-4H3,(H,30,33). The van der Waals surface area contributed by atoms with E-state index in [-0.39, 0.29) is 18.0 Å². The first kappa shape index (κ1) is 23.8. The molecule has 0 fully saturated rings. The van der Waals surface area contributed by atoms with Crippen LogP contribution in [0.4, 0.5) is 5.69 Å². The van der Waals surface area contributed by atoms with Crippen molar-refractivity contribution in [1.29, 1.82) is 0 Å². The number of nitrogens with zero attached hydrogens (tertiary/aromatic N) is 2. The lowest BCUT2D eigenvalue weighted by Crippen LogP contribution is -2.28. The van der Waals surface area contributed by atoms with E-state index in [0.717, 1.165) is 22.3 Å². The van der Waals surface area contributed by atoms with Crippen molar-refractivity contribution in [2.45, 2.75) is 33.7 Å². The SMILES string of the molecule is COc1cccc2c1Oc1c(c(=O)n(-c3ccc(C)cc3C)n1CC(=O)Nc1ccc(C)c(Cl)c1)C2. The minimum atomic E-state index is -0.319. The second-order valence-corrected chi connectivity index (χ2v) is 9.39. The number of hydrogen-bond donors (Lipinski definition) is 1. The maximum atomic E-state index is 13.7. The zero-order chi connectivity index (χ0) is 25.6. The monoisotopic (exact) mass is 503 g/mol. The molecule has 0 bridgehead atoms. The average molecular weight is 504 g/mol. The molecule has 3 aromatic carbocycles. The minimum absolute atomic E-state index is 0.145. The van der Waals surface area contributed by atoms with E-state index in [0.29, 0.717) is 45.8 Å². The Kier molecular flexibility index (Phi) is 6.10. The molecule has 0 radical (unpaired) electrons. The number of methoxy groups -OCH3 is 1. The fourth-order valence-corrected chi connectivity index (χ4v) is 4.72. The van der Waals surface area contributed by atoms with Crippen LogP contribution in [0.15, 0.2) is 59.4 Å². The van der Waals surface area contributed by atoms with E-state index in [1.54, 1.807) is 30.0 Å². The summed E-state index contributed by atoms with van der Waals surface area (Å²) < 4.78 is 14.9. The van der Waals surface area contributed by atoms with Gasteiger partial charge in [0.2, 0.25) is 11.8 Å². The molecule has 1 aromatic heterocycles. The van der Waals surface area contributed by atoms with Crippen LogP contribution in [0.3, 0.4) is 0 Å². The number of carbonyl (C=O) groups is 1. The molecule has 2 heterocycles. The van der Waals surface area contributed by atoms with Gasteiger partial charge in [0.1, 0.15) is 6.54 Å². The molecule has 1 aliphatic rings. The molecule has 4 aromatic rings. The quantitative estimate of drug-likeness (QED) is 0.340. The fourth-order valence-electron chi connectivity index (χ4n) is 4.54. The highest BCUT2D eigenvalue weighted by molar-refractivity contribution is 6.31. The van der Waals surface area contributed by atoms with Crippen LogP contribution in [0, 0.1) is 20.8 Å². The highest BCUT2D eigenvalue weighted by Gasteiger charge is 2.31. The topological polar surface area (TPSA) is 74.5 Å². The Morgan fingerprint density at radius 1 is 1.08 bits per heavy atom. The van der Waals surface area contributed by atoms with E-state index < -0.39 is 0 Å². The summed E-state index contributed by atoms with van der Waals surface area (Å²) in [7, 11) is 1.57. The Balaban J connectivity index is 1.61. The molecule has 8 heteroatoms. The number of halogens is 1. The number of ether oxygens (including phenoxy) is 2. The van der Waals surface area contributed by atoms with Crippen LogP contribution in [-0.4, -0.2) is 22.4 Å². The molecule has 7 nitrogen and oxygen atoms in total. The van der Waals surface area contributed by atoms with Crippen molar-refractivity contribution in [3.8, 4) is 23.1 Å². The van der Waals surface area contributed by atoms with E-state index in [9.17, 15) is 9.59 Å². The fraction of sp³-hybridized carbons (Fsp3) is 0.214. The number of rotatable bonds is 5. The number of anilines is 1. The maximum Gasteiger partial charge on any atom is 0.278 e. The number of fused-ring (bicyclic) bond motifs is 2. The van der Waals surface area contributed by atoms with Crippen LogP contribution >= 0.6 is 11.6 Å². The molecule has 1 N–H and O–H groups in total. The molecule has 1 aliphatic heterocycles. The van der Waals surface area contributed by atoms with Crippen LogP contribution in [-0.2, 0) is 17.8 Å². The van der Waals surface area contributed by atoms with E-state index in [2.05, 4.69) is 5.32 Å². The van der Waals surface area contributed by atoms with Gasteiger partial charge in [-0.2, -0.15) is 0 Å². The highest BCUT2D eigenvalue weighted by Crippen LogP contribution is 2.42. The first-order valence-electron chi connectivity index (χ1n) is 11.6. The molecule has 0 atom stereocenters. The Bertz CT molecular complexity index is 1570. The van der Waals surface area contributed by atoms with Crippen molar-refractivity contribution in [3.63, 3.8) is 0 Å². The van der Waals surface area contributed by atoms with Crippen molar-refractivity contribution in [3.05, 3.63) is 97.8 Å². The third-order valence-electron chi connectivity index (χ3n) is 6.36. The molecule has 0 saturated heterocycles. The second-order valence-electron chi connectivity index (χ2n) is 8.99. The zero-order valence-corrected chi connectivity index (χ0v) is 21.3. The number of nitrogens with one attached hydrogen (secondary N) is 1. The normalized spacial score (nSPS) is 11.9. The molecule has 0 saturated carbocycles. The van der Waals surface area contributed by atoms with Gasteiger partial charge in [0.25, 0.3) is 5.56 Å². The molecule has 5 rings (SSSR count). The van der Waals surface area contributed by atoms with Crippen LogP contribution in [0.5, 0.6) is 17.4 Å². The number of para-hydroxylation sites is 1. The molecule has 184 valence electrons. The Hall–Kier alpha value is -3.97. The number of aryl methyl sites for hydroxylation is 3.